The molecule has 0 aromatic carbocycles. The Labute approximate surface area is 81.1 Å². The first-order chi connectivity index (χ1) is 6.15. The van der Waals surface area contributed by atoms with E-state index in [1.807, 2.05) is 0 Å². The number of hydrogen-bond donors (Lipinski definition) is 0. The molecule has 0 saturated heterocycles. The minimum Gasteiger partial charge on any atom is -0.0617 e. The van der Waals surface area contributed by atoms with Crippen molar-refractivity contribution < 1.29 is 0 Å². The first kappa shape index (κ1) is 7.31. The molecule has 5 saturated carbocycles. The summed E-state index contributed by atoms with van der Waals surface area (Å²) in [4.78, 5) is 0. The second-order valence-electron chi connectivity index (χ2n) is 6.59. The second-order valence-corrected chi connectivity index (χ2v) is 6.59. The third-order valence-electron chi connectivity index (χ3n) is 7.09. The van der Waals surface area contributed by atoms with Gasteiger partial charge in [-0.1, -0.05) is 20.8 Å². The maximum atomic E-state index is 2.61. The highest BCUT2D eigenvalue weighted by Crippen LogP contribution is 2.80. The molecule has 0 heteroatoms. The van der Waals surface area contributed by atoms with Crippen molar-refractivity contribution in [3.8, 4) is 0 Å². The molecule has 6 unspecified atom stereocenters. The summed E-state index contributed by atoms with van der Waals surface area (Å²) in [5.74, 6) is 7.89. The van der Waals surface area contributed by atoms with Gasteiger partial charge in [-0.3, -0.25) is 0 Å². The third kappa shape index (κ3) is 0.480. The second kappa shape index (κ2) is 1.73. The van der Waals surface area contributed by atoms with Crippen molar-refractivity contribution in [1.29, 1.82) is 0 Å². The lowest BCUT2D eigenvalue weighted by molar-refractivity contribution is -0.00977. The Morgan fingerprint density at radius 3 is 1.85 bits per heavy atom. The Balaban J connectivity index is 1.94. The molecule has 6 bridgehead atoms. The summed E-state index contributed by atoms with van der Waals surface area (Å²) in [5, 5.41) is 0. The predicted molar refractivity (Wildman–Crippen MR) is 53.1 cm³/mol. The number of rotatable bonds is 0. The monoisotopic (exact) mass is 176 g/mol. The van der Waals surface area contributed by atoms with E-state index >= 15 is 0 Å². The average Bonchev–Trinajstić information content (AvgIpc) is 2.36. The summed E-state index contributed by atoms with van der Waals surface area (Å²) in [5.41, 5.74) is 0.749. The lowest BCUT2D eigenvalue weighted by Gasteiger charge is -2.48. The van der Waals surface area contributed by atoms with Crippen molar-refractivity contribution in [2.45, 2.75) is 33.6 Å². The van der Waals surface area contributed by atoms with Crippen molar-refractivity contribution in [3.05, 3.63) is 0 Å². The predicted octanol–water partition coefficient (Wildman–Crippen LogP) is 3.18. The van der Waals surface area contributed by atoms with E-state index < -0.39 is 0 Å². The van der Waals surface area contributed by atoms with Crippen LogP contribution in [-0.4, -0.2) is 0 Å². The van der Waals surface area contributed by atoms with Crippen LogP contribution in [0.3, 0.4) is 0 Å². The fourth-order valence-electron chi connectivity index (χ4n) is 6.32. The quantitative estimate of drug-likeness (QED) is 0.532. The van der Waals surface area contributed by atoms with Crippen LogP contribution in [0.4, 0.5) is 0 Å². The van der Waals surface area contributed by atoms with Crippen LogP contribution in [0.5, 0.6) is 0 Å². The van der Waals surface area contributed by atoms with E-state index in [-0.39, 0.29) is 0 Å². The van der Waals surface area contributed by atoms with E-state index in [9.17, 15) is 0 Å². The molecule has 6 atom stereocenters. The molecule has 0 aromatic heterocycles. The zero-order valence-corrected chi connectivity index (χ0v) is 8.96. The van der Waals surface area contributed by atoms with Gasteiger partial charge >= 0.3 is 0 Å². The van der Waals surface area contributed by atoms with Crippen LogP contribution in [0.1, 0.15) is 33.6 Å². The van der Waals surface area contributed by atoms with Gasteiger partial charge in [0, 0.05) is 0 Å². The van der Waals surface area contributed by atoms with Gasteiger partial charge in [-0.15, -0.1) is 0 Å². The van der Waals surface area contributed by atoms with Crippen LogP contribution in [0.2, 0.25) is 0 Å². The summed E-state index contributed by atoms with van der Waals surface area (Å²) < 4.78 is 0. The van der Waals surface area contributed by atoms with Crippen LogP contribution in [0, 0.1) is 46.8 Å². The van der Waals surface area contributed by atoms with Gasteiger partial charge in [-0.25, -0.2) is 0 Å². The minimum atomic E-state index is 0.749. The van der Waals surface area contributed by atoms with Crippen LogP contribution >= 0.6 is 0 Å². The molecule has 0 aromatic rings. The normalized spacial score (nSPS) is 77.3. The highest BCUT2D eigenvalue weighted by molar-refractivity contribution is 5.22. The highest BCUT2D eigenvalue weighted by atomic mass is 14.8. The Hall–Kier alpha value is 0. The molecule has 5 fully saturated rings. The van der Waals surface area contributed by atoms with E-state index in [0.717, 1.165) is 35.0 Å². The van der Waals surface area contributed by atoms with Crippen molar-refractivity contribution in [3.63, 3.8) is 0 Å². The van der Waals surface area contributed by atoms with E-state index in [1.54, 1.807) is 12.8 Å². The lowest BCUT2D eigenvalue weighted by atomic mass is 9.56. The van der Waals surface area contributed by atoms with Gasteiger partial charge in [0.1, 0.15) is 0 Å². The summed E-state index contributed by atoms with van der Waals surface area (Å²) in [7, 11) is 0. The average molecular weight is 176 g/mol. The fraction of sp³-hybridized carbons (Fsp3) is 1.00. The van der Waals surface area contributed by atoms with Crippen molar-refractivity contribution in [1.82, 2.24) is 0 Å². The molecule has 0 heterocycles. The summed E-state index contributed by atoms with van der Waals surface area (Å²) in [6.45, 7) is 7.72. The Morgan fingerprint density at radius 2 is 1.38 bits per heavy atom. The first-order valence-electron chi connectivity index (χ1n) is 6.15. The molecule has 5 aliphatic carbocycles. The van der Waals surface area contributed by atoms with Gasteiger partial charge in [-0.2, -0.15) is 0 Å². The summed E-state index contributed by atoms with van der Waals surface area (Å²) in [6, 6.07) is 0. The standard InChI is InChI=1S/C13H20/c1-6-11-9-4-8-5-10(9)12(11)7(2)13(6,8)3/h6-12H,4-5H2,1-3H3. The maximum Gasteiger partial charge on any atom is -0.0240 e. The molecule has 0 spiro atoms. The highest BCUT2D eigenvalue weighted by Gasteiger charge is 2.75. The Kier molecular flexibility index (Phi) is 0.971. The molecular formula is C13H20. The van der Waals surface area contributed by atoms with Gasteiger partial charge in [0.15, 0.2) is 0 Å². The van der Waals surface area contributed by atoms with Gasteiger partial charge in [0.05, 0.1) is 0 Å². The van der Waals surface area contributed by atoms with Crippen LogP contribution in [0.25, 0.3) is 0 Å². The van der Waals surface area contributed by atoms with E-state index in [1.165, 1.54) is 11.8 Å². The zero-order chi connectivity index (χ0) is 8.96. The van der Waals surface area contributed by atoms with Crippen molar-refractivity contribution in [2.75, 3.05) is 0 Å². The molecule has 5 aliphatic rings. The topological polar surface area (TPSA) is 0 Å². The molecule has 0 N–H and O–H groups in total. The fourth-order valence-corrected chi connectivity index (χ4v) is 6.32. The third-order valence-corrected chi connectivity index (χ3v) is 7.09. The van der Waals surface area contributed by atoms with Crippen LogP contribution in [0.15, 0.2) is 0 Å². The minimum absolute atomic E-state index is 0.749. The van der Waals surface area contributed by atoms with Gasteiger partial charge in [0.2, 0.25) is 0 Å². The maximum absolute atomic E-state index is 2.61. The summed E-state index contributed by atoms with van der Waals surface area (Å²) in [6.07, 6.45) is 3.22. The van der Waals surface area contributed by atoms with E-state index in [0.29, 0.717) is 0 Å². The first-order valence-corrected chi connectivity index (χ1v) is 6.15. The van der Waals surface area contributed by atoms with Gasteiger partial charge < -0.3 is 0 Å². The molecule has 13 heavy (non-hydrogen) atoms. The molecule has 0 amide bonds. The molecular weight excluding hydrogens is 156 g/mol. The van der Waals surface area contributed by atoms with Gasteiger partial charge in [-0.05, 0) is 59.7 Å². The largest absolute Gasteiger partial charge is 0.0617 e. The van der Waals surface area contributed by atoms with Crippen molar-refractivity contribution in [2.24, 2.45) is 46.8 Å². The molecule has 0 nitrogen and oxygen atoms in total. The van der Waals surface area contributed by atoms with E-state index in [4.69, 9.17) is 0 Å². The molecule has 0 aliphatic heterocycles. The Bertz CT molecular complexity index is 246. The van der Waals surface area contributed by atoms with E-state index in [2.05, 4.69) is 20.8 Å². The van der Waals surface area contributed by atoms with Crippen LogP contribution < -0.4 is 0 Å². The Morgan fingerprint density at radius 1 is 0.923 bits per heavy atom. The SMILES string of the molecule is CC1C2C3CC4CC3C2C(C)C41C. The lowest BCUT2D eigenvalue weighted by Crippen LogP contribution is -2.44. The smallest absolute Gasteiger partial charge is 0.0240 e. The summed E-state index contributed by atoms with van der Waals surface area (Å²) >= 11 is 0. The molecule has 72 valence electrons. The van der Waals surface area contributed by atoms with Crippen molar-refractivity contribution >= 4 is 0 Å². The molecule has 0 radical (unpaired) electrons. The van der Waals surface area contributed by atoms with Crippen LogP contribution in [-0.2, 0) is 0 Å². The van der Waals surface area contributed by atoms with Gasteiger partial charge in [0.25, 0.3) is 0 Å². The molecule has 5 rings (SSSR count). The number of hydrogen-bond acceptors (Lipinski definition) is 0. The zero-order valence-electron chi connectivity index (χ0n) is 8.96.